The van der Waals surface area contributed by atoms with E-state index in [0.717, 1.165) is 0 Å². The summed E-state index contributed by atoms with van der Waals surface area (Å²) in [5, 5.41) is 27.0. The van der Waals surface area contributed by atoms with Gasteiger partial charge in [0.1, 0.15) is 0 Å². The molecular formula is C14H24N4. The Morgan fingerprint density at radius 1 is 0.611 bits per heavy atom. The summed E-state index contributed by atoms with van der Waals surface area (Å²) in [5.74, 6) is 0. The van der Waals surface area contributed by atoms with E-state index < -0.39 is 21.9 Å². The van der Waals surface area contributed by atoms with Gasteiger partial charge in [-0.2, -0.15) is 20.8 Å². The van der Waals surface area contributed by atoms with Gasteiger partial charge in [-0.3, -0.25) is 0 Å². The standard InChI is InChI=1S/C14H24N4/c1-11(2,9-15)13(5,6)17-18-14(7,8)12(3,4)10-16/h1-8H3. The zero-order valence-electron chi connectivity index (χ0n) is 12.8. The van der Waals surface area contributed by atoms with Crippen LogP contribution in [0, 0.1) is 33.5 Å². The van der Waals surface area contributed by atoms with E-state index >= 15 is 0 Å². The van der Waals surface area contributed by atoms with Crippen LogP contribution >= 0.6 is 0 Å². The molecule has 0 rings (SSSR count). The molecule has 0 spiro atoms. The molecule has 0 aliphatic heterocycles. The van der Waals surface area contributed by atoms with E-state index in [1.54, 1.807) is 0 Å². The third kappa shape index (κ3) is 3.07. The number of rotatable bonds is 4. The molecule has 0 saturated heterocycles. The Hall–Kier alpha value is -1.42. The van der Waals surface area contributed by atoms with Gasteiger partial charge in [0.2, 0.25) is 0 Å². The minimum absolute atomic E-state index is 0.593. The first-order chi connectivity index (χ1) is 7.83. The van der Waals surface area contributed by atoms with E-state index in [2.05, 4.69) is 22.4 Å². The number of hydrogen-bond acceptors (Lipinski definition) is 4. The molecule has 0 heterocycles. The van der Waals surface area contributed by atoms with E-state index in [9.17, 15) is 0 Å². The molecule has 0 aromatic carbocycles. The fourth-order valence-electron chi connectivity index (χ4n) is 0.774. The second-order valence-corrected chi connectivity index (χ2v) is 6.79. The lowest BCUT2D eigenvalue weighted by atomic mass is 9.75. The maximum Gasteiger partial charge on any atom is 0.0940 e. The second kappa shape index (κ2) is 4.69. The number of hydrogen-bond donors (Lipinski definition) is 0. The van der Waals surface area contributed by atoms with Crippen molar-refractivity contribution in [2.24, 2.45) is 21.1 Å². The van der Waals surface area contributed by atoms with Crippen molar-refractivity contribution in [1.82, 2.24) is 0 Å². The summed E-state index contributed by atoms with van der Waals surface area (Å²) in [6.07, 6.45) is 0. The molecule has 4 nitrogen and oxygen atoms in total. The molecule has 0 amide bonds. The molecule has 0 aliphatic rings. The van der Waals surface area contributed by atoms with Crippen LogP contribution in [0.25, 0.3) is 0 Å². The third-order valence-corrected chi connectivity index (χ3v) is 4.17. The van der Waals surface area contributed by atoms with E-state index in [0.29, 0.717) is 0 Å². The van der Waals surface area contributed by atoms with Crippen molar-refractivity contribution in [3.63, 3.8) is 0 Å². The number of nitriles is 2. The summed E-state index contributed by atoms with van der Waals surface area (Å²) in [6, 6.07) is 4.50. The monoisotopic (exact) mass is 248 g/mol. The Morgan fingerprint density at radius 2 is 0.833 bits per heavy atom. The third-order valence-electron chi connectivity index (χ3n) is 4.17. The van der Waals surface area contributed by atoms with E-state index in [4.69, 9.17) is 10.5 Å². The molecule has 0 N–H and O–H groups in total. The minimum atomic E-state index is -0.608. The highest BCUT2D eigenvalue weighted by atomic mass is 15.2. The summed E-state index contributed by atoms with van der Waals surface area (Å²) in [4.78, 5) is 0. The van der Waals surface area contributed by atoms with Crippen LogP contribution in [0.15, 0.2) is 10.2 Å². The summed E-state index contributed by atoms with van der Waals surface area (Å²) in [5.41, 5.74) is -2.40. The first-order valence-corrected chi connectivity index (χ1v) is 6.09. The minimum Gasteiger partial charge on any atom is -0.198 e. The Labute approximate surface area is 111 Å². The molecule has 0 bridgehead atoms. The zero-order valence-corrected chi connectivity index (χ0v) is 12.8. The highest BCUT2D eigenvalue weighted by Crippen LogP contribution is 2.37. The number of nitrogens with zero attached hydrogens (tertiary/aromatic N) is 4. The summed E-state index contributed by atoms with van der Waals surface area (Å²) in [7, 11) is 0. The number of azo groups is 1. The van der Waals surface area contributed by atoms with Gasteiger partial charge >= 0.3 is 0 Å². The maximum atomic E-state index is 9.16. The Balaban J connectivity index is 5.33. The molecule has 0 saturated carbocycles. The molecule has 0 unspecified atom stereocenters. The van der Waals surface area contributed by atoms with Gasteiger partial charge in [0, 0.05) is 0 Å². The largest absolute Gasteiger partial charge is 0.198 e. The van der Waals surface area contributed by atoms with Crippen molar-refractivity contribution in [3.8, 4) is 12.1 Å². The van der Waals surface area contributed by atoms with E-state index in [-0.39, 0.29) is 0 Å². The molecule has 100 valence electrons. The normalized spacial score (nSPS) is 14.3. The average molecular weight is 248 g/mol. The molecule has 0 atom stereocenters. The van der Waals surface area contributed by atoms with Gasteiger partial charge in [0.25, 0.3) is 0 Å². The van der Waals surface area contributed by atoms with Crippen LogP contribution in [0.4, 0.5) is 0 Å². The van der Waals surface area contributed by atoms with Crippen LogP contribution in [0.3, 0.4) is 0 Å². The van der Waals surface area contributed by atoms with Gasteiger partial charge in [-0.25, -0.2) is 0 Å². The van der Waals surface area contributed by atoms with Gasteiger partial charge in [-0.1, -0.05) is 0 Å². The summed E-state index contributed by atoms with van der Waals surface area (Å²) in [6.45, 7) is 14.9. The Morgan fingerprint density at radius 3 is 1.00 bits per heavy atom. The predicted molar refractivity (Wildman–Crippen MR) is 71.8 cm³/mol. The van der Waals surface area contributed by atoms with Gasteiger partial charge < -0.3 is 0 Å². The quantitative estimate of drug-likeness (QED) is 0.703. The van der Waals surface area contributed by atoms with Crippen molar-refractivity contribution in [3.05, 3.63) is 0 Å². The molecule has 4 heteroatoms. The fraction of sp³-hybridized carbons (Fsp3) is 0.857. The smallest absolute Gasteiger partial charge is 0.0940 e. The lowest BCUT2D eigenvalue weighted by molar-refractivity contribution is 0.226. The van der Waals surface area contributed by atoms with E-state index in [1.165, 1.54) is 0 Å². The van der Waals surface area contributed by atoms with Gasteiger partial charge in [0.15, 0.2) is 0 Å². The zero-order chi connectivity index (χ0) is 14.8. The molecular weight excluding hydrogens is 224 g/mol. The van der Waals surface area contributed by atoms with Crippen LogP contribution in [0.2, 0.25) is 0 Å². The molecule has 0 radical (unpaired) electrons. The topological polar surface area (TPSA) is 72.3 Å². The fourth-order valence-corrected chi connectivity index (χ4v) is 0.774. The van der Waals surface area contributed by atoms with Gasteiger partial charge in [-0.15, -0.1) is 0 Å². The molecule has 0 aliphatic carbocycles. The SMILES string of the molecule is CC(C)(C#N)C(C)(C)N=NC(C)(C)C(C)(C)C#N. The Kier molecular flexibility index (Phi) is 4.32. The van der Waals surface area contributed by atoms with Crippen LogP contribution in [0.1, 0.15) is 55.4 Å². The maximum absolute atomic E-state index is 9.16. The molecule has 18 heavy (non-hydrogen) atoms. The average Bonchev–Trinajstić information content (AvgIpc) is 2.26. The molecule has 0 fully saturated rings. The first kappa shape index (κ1) is 16.6. The van der Waals surface area contributed by atoms with Crippen molar-refractivity contribution in [2.45, 2.75) is 66.5 Å². The highest BCUT2D eigenvalue weighted by molar-refractivity contribution is 5.09. The predicted octanol–water partition coefficient (Wildman–Crippen LogP) is 4.10. The van der Waals surface area contributed by atoms with Crippen LogP contribution < -0.4 is 0 Å². The van der Waals surface area contributed by atoms with Crippen LogP contribution in [-0.2, 0) is 0 Å². The van der Waals surface area contributed by atoms with Crippen molar-refractivity contribution >= 4 is 0 Å². The Bertz CT molecular complexity index is 374. The van der Waals surface area contributed by atoms with Crippen molar-refractivity contribution in [2.75, 3.05) is 0 Å². The van der Waals surface area contributed by atoms with Crippen LogP contribution in [0.5, 0.6) is 0 Å². The van der Waals surface area contributed by atoms with Gasteiger partial charge in [0.05, 0.1) is 34.0 Å². The lowest BCUT2D eigenvalue weighted by Crippen LogP contribution is -2.39. The summed E-state index contributed by atoms with van der Waals surface area (Å²) < 4.78 is 0. The van der Waals surface area contributed by atoms with Crippen LogP contribution in [-0.4, -0.2) is 11.1 Å². The first-order valence-electron chi connectivity index (χ1n) is 6.09. The van der Waals surface area contributed by atoms with Crippen molar-refractivity contribution in [1.29, 1.82) is 10.5 Å². The molecule has 0 aromatic heterocycles. The van der Waals surface area contributed by atoms with E-state index in [1.807, 2.05) is 55.4 Å². The lowest BCUT2D eigenvalue weighted by Gasteiger charge is -2.35. The highest BCUT2D eigenvalue weighted by Gasteiger charge is 2.41. The second-order valence-electron chi connectivity index (χ2n) is 6.79. The van der Waals surface area contributed by atoms with Crippen molar-refractivity contribution < 1.29 is 0 Å². The molecule has 0 aromatic rings. The van der Waals surface area contributed by atoms with Gasteiger partial charge in [-0.05, 0) is 55.4 Å². The summed E-state index contributed by atoms with van der Waals surface area (Å²) >= 11 is 0.